The van der Waals surface area contributed by atoms with Crippen molar-refractivity contribution >= 4 is 23.2 Å². The summed E-state index contributed by atoms with van der Waals surface area (Å²) in [5.41, 5.74) is 4.39. The normalized spacial score (nSPS) is 15.8. The zero-order chi connectivity index (χ0) is 16.4. The van der Waals surface area contributed by atoms with Crippen LogP contribution in [0.25, 0.3) is 0 Å². The van der Waals surface area contributed by atoms with Crippen molar-refractivity contribution in [3.8, 4) is 0 Å². The van der Waals surface area contributed by atoms with Crippen LogP contribution in [0.5, 0.6) is 0 Å². The lowest BCUT2D eigenvalue weighted by Gasteiger charge is -2.33. The second kappa shape index (κ2) is 6.73. The maximum atomic E-state index is 12.6. The standard InChI is InChI=1S/C19H21ClN2O/c1-13-17(20)8-5-9-18(13)21-19(23)14(2)22-11-10-15-6-3-4-7-16(15)12-22/h3-9,14H,10-12H2,1-2H3,(H,21,23). The summed E-state index contributed by atoms with van der Waals surface area (Å²) in [7, 11) is 0. The first kappa shape index (κ1) is 16.0. The third kappa shape index (κ3) is 3.41. The minimum Gasteiger partial charge on any atom is -0.324 e. The van der Waals surface area contributed by atoms with Crippen molar-refractivity contribution in [3.05, 3.63) is 64.2 Å². The molecule has 1 atom stereocenters. The van der Waals surface area contributed by atoms with E-state index in [-0.39, 0.29) is 11.9 Å². The molecule has 0 radical (unpaired) electrons. The first-order valence-corrected chi connectivity index (χ1v) is 8.31. The van der Waals surface area contributed by atoms with Crippen LogP contribution in [0.15, 0.2) is 42.5 Å². The molecule has 0 aliphatic carbocycles. The first-order chi connectivity index (χ1) is 11.1. The van der Waals surface area contributed by atoms with Gasteiger partial charge in [0.25, 0.3) is 0 Å². The van der Waals surface area contributed by atoms with E-state index < -0.39 is 0 Å². The first-order valence-electron chi connectivity index (χ1n) is 7.93. The smallest absolute Gasteiger partial charge is 0.241 e. The zero-order valence-corrected chi connectivity index (χ0v) is 14.2. The van der Waals surface area contributed by atoms with E-state index in [4.69, 9.17) is 11.6 Å². The van der Waals surface area contributed by atoms with E-state index in [0.717, 1.165) is 30.8 Å². The largest absolute Gasteiger partial charge is 0.324 e. The molecule has 0 spiro atoms. The Hall–Kier alpha value is -1.84. The Kier molecular flexibility index (Phi) is 4.69. The summed E-state index contributed by atoms with van der Waals surface area (Å²) in [6.07, 6.45) is 0.990. The van der Waals surface area contributed by atoms with Gasteiger partial charge in [0, 0.05) is 23.8 Å². The highest BCUT2D eigenvalue weighted by Crippen LogP contribution is 2.24. The number of fused-ring (bicyclic) bond motifs is 1. The number of nitrogens with one attached hydrogen (secondary N) is 1. The molecule has 3 rings (SSSR count). The average molecular weight is 329 g/mol. The number of benzene rings is 2. The number of carbonyl (C=O) groups excluding carboxylic acids is 1. The molecule has 1 aliphatic rings. The van der Waals surface area contributed by atoms with Gasteiger partial charge in [0.1, 0.15) is 0 Å². The van der Waals surface area contributed by atoms with Crippen molar-refractivity contribution in [2.75, 3.05) is 11.9 Å². The monoisotopic (exact) mass is 328 g/mol. The Morgan fingerprint density at radius 1 is 1.17 bits per heavy atom. The van der Waals surface area contributed by atoms with Gasteiger partial charge < -0.3 is 5.32 Å². The molecule has 120 valence electrons. The second-order valence-corrected chi connectivity index (χ2v) is 6.47. The topological polar surface area (TPSA) is 32.3 Å². The Morgan fingerprint density at radius 2 is 1.91 bits per heavy atom. The lowest BCUT2D eigenvalue weighted by atomic mass is 9.98. The highest BCUT2D eigenvalue weighted by atomic mass is 35.5. The van der Waals surface area contributed by atoms with Crippen LogP contribution >= 0.6 is 11.6 Å². The molecule has 1 amide bonds. The van der Waals surface area contributed by atoms with E-state index >= 15 is 0 Å². The maximum Gasteiger partial charge on any atom is 0.241 e. The lowest BCUT2D eigenvalue weighted by molar-refractivity contribution is -0.121. The Labute approximate surface area is 142 Å². The molecule has 0 aromatic heterocycles. The quantitative estimate of drug-likeness (QED) is 0.922. The fourth-order valence-corrected chi connectivity index (χ4v) is 3.17. The molecule has 1 N–H and O–H groups in total. The van der Waals surface area contributed by atoms with Gasteiger partial charge in [-0.3, -0.25) is 9.69 Å². The van der Waals surface area contributed by atoms with Gasteiger partial charge in [-0.15, -0.1) is 0 Å². The highest BCUT2D eigenvalue weighted by molar-refractivity contribution is 6.31. The van der Waals surface area contributed by atoms with E-state index in [9.17, 15) is 4.79 Å². The van der Waals surface area contributed by atoms with Crippen LogP contribution in [0, 0.1) is 6.92 Å². The summed E-state index contributed by atoms with van der Waals surface area (Å²) < 4.78 is 0. The number of nitrogens with zero attached hydrogens (tertiary/aromatic N) is 1. The molecule has 3 nitrogen and oxygen atoms in total. The molecule has 2 aromatic carbocycles. The number of anilines is 1. The molecule has 1 heterocycles. The third-order valence-corrected chi connectivity index (χ3v) is 5.02. The van der Waals surface area contributed by atoms with Crippen molar-refractivity contribution in [2.45, 2.75) is 32.9 Å². The lowest BCUT2D eigenvalue weighted by Crippen LogP contribution is -2.44. The second-order valence-electron chi connectivity index (χ2n) is 6.07. The third-order valence-electron chi connectivity index (χ3n) is 4.61. The molecule has 0 fully saturated rings. The zero-order valence-electron chi connectivity index (χ0n) is 13.5. The average Bonchev–Trinajstić information content (AvgIpc) is 2.57. The molecule has 1 aliphatic heterocycles. The van der Waals surface area contributed by atoms with E-state index in [2.05, 4.69) is 34.5 Å². The minimum absolute atomic E-state index is 0.00903. The SMILES string of the molecule is Cc1c(Cl)cccc1NC(=O)C(C)N1CCc2ccccc2C1. The highest BCUT2D eigenvalue weighted by Gasteiger charge is 2.25. The van der Waals surface area contributed by atoms with Crippen LogP contribution in [0.1, 0.15) is 23.6 Å². The van der Waals surface area contributed by atoms with Crippen LogP contribution in [-0.4, -0.2) is 23.4 Å². The van der Waals surface area contributed by atoms with Gasteiger partial charge in [-0.2, -0.15) is 0 Å². The molecule has 1 unspecified atom stereocenters. The van der Waals surface area contributed by atoms with Gasteiger partial charge in [0.15, 0.2) is 0 Å². The van der Waals surface area contributed by atoms with Crippen LogP contribution in [-0.2, 0) is 17.8 Å². The number of amides is 1. The van der Waals surface area contributed by atoms with Crippen LogP contribution in [0.2, 0.25) is 5.02 Å². The minimum atomic E-state index is -0.179. The Balaban J connectivity index is 1.70. The van der Waals surface area contributed by atoms with Crippen molar-refractivity contribution in [2.24, 2.45) is 0 Å². The number of rotatable bonds is 3. The number of hydrogen-bond donors (Lipinski definition) is 1. The van der Waals surface area contributed by atoms with E-state index in [1.807, 2.05) is 32.0 Å². The number of hydrogen-bond acceptors (Lipinski definition) is 2. The fourth-order valence-electron chi connectivity index (χ4n) is 2.99. The molecule has 4 heteroatoms. The van der Waals surface area contributed by atoms with Crippen LogP contribution < -0.4 is 5.32 Å². The summed E-state index contributed by atoms with van der Waals surface area (Å²) in [6.45, 7) is 5.60. The summed E-state index contributed by atoms with van der Waals surface area (Å²) >= 11 is 6.12. The predicted octanol–water partition coefficient (Wildman–Crippen LogP) is 4.03. The number of halogens is 1. The molecule has 0 saturated heterocycles. The van der Waals surface area contributed by atoms with E-state index in [0.29, 0.717) is 5.02 Å². The van der Waals surface area contributed by atoms with Gasteiger partial charge in [-0.05, 0) is 49.1 Å². The van der Waals surface area contributed by atoms with Crippen molar-refractivity contribution in [3.63, 3.8) is 0 Å². The molecule has 2 aromatic rings. The fraction of sp³-hybridized carbons (Fsp3) is 0.316. The number of carbonyl (C=O) groups is 1. The van der Waals surface area contributed by atoms with Crippen LogP contribution in [0.4, 0.5) is 5.69 Å². The van der Waals surface area contributed by atoms with Gasteiger partial charge in [0.2, 0.25) is 5.91 Å². The van der Waals surface area contributed by atoms with Crippen molar-refractivity contribution in [1.82, 2.24) is 4.90 Å². The summed E-state index contributed by atoms with van der Waals surface area (Å²) in [6, 6.07) is 13.8. The summed E-state index contributed by atoms with van der Waals surface area (Å²) in [4.78, 5) is 14.8. The Bertz CT molecular complexity index is 729. The molecule has 0 saturated carbocycles. The van der Waals surface area contributed by atoms with Crippen molar-refractivity contribution < 1.29 is 4.79 Å². The molecular formula is C19H21ClN2O. The van der Waals surface area contributed by atoms with Gasteiger partial charge in [0.05, 0.1) is 6.04 Å². The molecular weight excluding hydrogens is 308 g/mol. The maximum absolute atomic E-state index is 12.6. The van der Waals surface area contributed by atoms with Crippen molar-refractivity contribution in [1.29, 1.82) is 0 Å². The van der Waals surface area contributed by atoms with Crippen LogP contribution in [0.3, 0.4) is 0 Å². The van der Waals surface area contributed by atoms with Gasteiger partial charge in [-0.25, -0.2) is 0 Å². The summed E-state index contributed by atoms with van der Waals surface area (Å²) in [5, 5.41) is 3.68. The predicted molar refractivity (Wildman–Crippen MR) is 94.8 cm³/mol. The molecule has 23 heavy (non-hydrogen) atoms. The molecule has 0 bridgehead atoms. The summed E-state index contributed by atoms with van der Waals surface area (Å²) in [5.74, 6) is 0.00903. The Morgan fingerprint density at radius 3 is 2.70 bits per heavy atom. The van der Waals surface area contributed by atoms with E-state index in [1.165, 1.54) is 11.1 Å². The van der Waals surface area contributed by atoms with Gasteiger partial charge in [-0.1, -0.05) is 41.9 Å². The van der Waals surface area contributed by atoms with E-state index in [1.54, 1.807) is 0 Å². The van der Waals surface area contributed by atoms with Gasteiger partial charge >= 0.3 is 0 Å².